The van der Waals surface area contributed by atoms with Crippen LogP contribution in [0.1, 0.15) is 26.7 Å². The molecular formula is C18H42N4O. The molecule has 0 aliphatic heterocycles. The third kappa shape index (κ3) is 11.1. The Hall–Kier alpha value is -0.200. The first-order chi connectivity index (χ1) is 10.8. The first-order valence-corrected chi connectivity index (χ1v) is 9.09. The van der Waals surface area contributed by atoms with Crippen LogP contribution in [0.5, 0.6) is 0 Å². The molecule has 140 valence electrons. The van der Waals surface area contributed by atoms with Crippen molar-refractivity contribution in [3.05, 3.63) is 0 Å². The predicted molar refractivity (Wildman–Crippen MR) is 101 cm³/mol. The zero-order valence-corrected chi connectivity index (χ0v) is 17.0. The van der Waals surface area contributed by atoms with Crippen molar-refractivity contribution in [3.8, 4) is 0 Å². The Morgan fingerprint density at radius 2 is 0.957 bits per heavy atom. The summed E-state index contributed by atoms with van der Waals surface area (Å²) in [4.78, 5) is 9.32. The maximum absolute atomic E-state index is 6.09. The van der Waals surface area contributed by atoms with E-state index >= 15 is 0 Å². The summed E-state index contributed by atoms with van der Waals surface area (Å²) in [5.41, 5.74) is 0. The molecule has 2 atom stereocenters. The van der Waals surface area contributed by atoms with Gasteiger partial charge < -0.3 is 14.5 Å². The summed E-state index contributed by atoms with van der Waals surface area (Å²) < 4.78 is 6.09. The Labute approximate surface area is 145 Å². The first-order valence-electron chi connectivity index (χ1n) is 9.09. The monoisotopic (exact) mass is 330 g/mol. The van der Waals surface area contributed by atoms with Gasteiger partial charge >= 0.3 is 0 Å². The number of ether oxygens (including phenoxy) is 1. The summed E-state index contributed by atoms with van der Waals surface area (Å²) in [6, 6.07) is 1.03. The summed E-state index contributed by atoms with van der Waals surface area (Å²) in [5, 5.41) is 0. The lowest BCUT2D eigenvalue weighted by atomic mass is 10.2. The quantitative estimate of drug-likeness (QED) is 0.481. The Bertz CT molecular complexity index is 248. The van der Waals surface area contributed by atoms with Crippen LogP contribution < -0.4 is 0 Å². The summed E-state index contributed by atoms with van der Waals surface area (Å²) in [6.45, 7) is 10.5. The molecule has 0 radical (unpaired) electrons. The largest absolute Gasteiger partial charge is 0.378 e. The van der Waals surface area contributed by atoms with Crippen molar-refractivity contribution in [1.82, 2.24) is 19.6 Å². The highest BCUT2D eigenvalue weighted by Gasteiger charge is 2.16. The molecule has 0 saturated heterocycles. The zero-order chi connectivity index (χ0) is 17.8. The van der Waals surface area contributed by atoms with E-state index in [2.05, 4.69) is 75.7 Å². The maximum Gasteiger partial charge on any atom is 0.0622 e. The molecule has 5 heteroatoms. The molecule has 0 aromatic heterocycles. The van der Waals surface area contributed by atoms with Gasteiger partial charge in [-0.3, -0.25) is 9.80 Å². The van der Waals surface area contributed by atoms with Crippen molar-refractivity contribution in [1.29, 1.82) is 0 Å². The Balaban J connectivity index is 4.14. The fourth-order valence-corrected chi connectivity index (χ4v) is 2.53. The molecule has 5 nitrogen and oxygen atoms in total. The van der Waals surface area contributed by atoms with Crippen molar-refractivity contribution >= 4 is 0 Å². The number of likely N-dealkylation sites (N-methyl/N-ethyl adjacent to an activating group) is 4. The molecule has 0 aliphatic rings. The Morgan fingerprint density at radius 3 is 1.22 bits per heavy atom. The summed E-state index contributed by atoms with van der Waals surface area (Å²) >= 11 is 0. The Kier molecular flexibility index (Phi) is 13.0. The van der Waals surface area contributed by atoms with E-state index in [4.69, 9.17) is 4.74 Å². The molecular weight excluding hydrogens is 288 g/mol. The van der Waals surface area contributed by atoms with Crippen LogP contribution in [0, 0.1) is 0 Å². The van der Waals surface area contributed by atoms with Gasteiger partial charge in [-0.05, 0) is 55.1 Å². The molecule has 0 aromatic carbocycles. The van der Waals surface area contributed by atoms with Crippen LogP contribution in [0.2, 0.25) is 0 Å². The minimum Gasteiger partial charge on any atom is -0.378 e. The molecule has 0 N–H and O–H groups in total. The average molecular weight is 331 g/mol. The Morgan fingerprint density at radius 1 is 0.609 bits per heavy atom. The van der Waals surface area contributed by atoms with E-state index in [1.807, 2.05) is 0 Å². The van der Waals surface area contributed by atoms with E-state index in [0.29, 0.717) is 12.1 Å². The van der Waals surface area contributed by atoms with E-state index in [1.165, 1.54) is 0 Å². The van der Waals surface area contributed by atoms with Gasteiger partial charge in [-0.25, -0.2) is 0 Å². The first kappa shape index (κ1) is 22.8. The van der Waals surface area contributed by atoms with E-state index in [0.717, 1.165) is 52.2 Å². The van der Waals surface area contributed by atoms with Crippen LogP contribution in [0.4, 0.5) is 0 Å². The normalized spacial score (nSPS) is 15.1. The van der Waals surface area contributed by atoms with Crippen molar-refractivity contribution in [2.45, 2.75) is 38.8 Å². The highest BCUT2D eigenvalue weighted by atomic mass is 16.5. The maximum atomic E-state index is 6.09. The van der Waals surface area contributed by atoms with Crippen LogP contribution in [-0.2, 0) is 4.74 Å². The van der Waals surface area contributed by atoms with E-state index in [9.17, 15) is 0 Å². The molecule has 0 spiro atoms. The standard InChI is InChI=1S/C18H42N4O/c1-9-17(21(7)13-11-19(3)4)15-23-16-18(10-2)22(8)14-12-20(5)6/h17-18H,9-16H2,1-8H3. The molecule has 0 bridgehead atoms. The topological polar surface area (TPSA) is 22.2 Å². The molecule has 0 heterocycles. The molecule has 0 amide bonds. The van der Waals surface area contributed by atoms with E-state index in [-0.39, 0.29) is 0 Å². The van der Waals surface area contributed by atoms with Crippen molar-refractivity contribution in [2.75, 3.05) is 81.7 Å². The van der Waals surface area contributed by atoms with Crippen molar-refractivity contribution < 1.29 is 4.74 Å². The SMILES string of the molecule is CCC(COCC(CC)N(C)CCN(C)C)N(C)CCN(C)C. The number of nitrogens with zero attached hydrogens (tertiary/aromatic N) is 4. The van der Waals surface area contributed by atoms with E-state index in [1.54, 1.807) is 0 Å². The van der Waals surface area contributed by atoms with Gasteiger partial charge in [0.05, 0.1) is 13.2 Å². The van der Waals surface area contributed by atoms with Crippen LogP contribution in [-0.4, -0.2) is 113 Å². The second-order valence-corrected chi connectivity index (χ2v) is 7.23. The lowest BCUT2D eigenvalue weighted by Gasteiger charge is -2.31. The van der Waals surface area contributed by atoms with Gasteiger partial charge in [0.1, 0.15) is 0 Å². The lowest BCUT2D eigenvalue weighted by Crippen LogP contribution is -2.42. The lowest BCUT2D eigenvalue weighted by molar-refractivity contribution is 0.0292. The second-order valence-electron chi connectivity index (χ2n) is 7.23. The average Bonchev–Trinajstić information content (AvgIpc) is 2.50. The number of hydrogen-bond acceptors (Lipinski definition) is 5. The van der Waals surface area contributed by atoms with Gasteiger partial charge in [-0.1, -0.05) is 13.8 Å². The molecule has 0 fully saturated rings. The summed E-state index contributed by atoms with van der Waals surface area (Å²) in [5.74, 6) is 0. The molecule has 0 aromatic rings. The molecule has 0 saturated carbocycles. The van der Waals surface area contributed by atoms with Crippen molar-refractivity contribution in [2.24, 2.45) is 0 Å². The van der Waals surface area contributed by atoms with Crippen LogP contribution in [0.15, 0.2) is 0 Å². The predicted octanol–water partition coefficient (Wildman–Crippen LogP) is 1.55. The van der Waals surface area contributed by atoms with Gasteiger partial charge in [0.2, 0.25) is 0 Å². The molecule has 0 rings (SSSR count). The molecule has 2 unspecified atom stereocenters. The van der Waals surface area contributed by atoms with Gasteiger partial charge in [0.25, 0.3) is 0 Å². The van der Waals surface area contributed by atoms with Gasteiger partial charge in [0.15, 0.2) is 0 Å². The van der Waals surface area contributed by atoms with Crippen LogP contribution in [0.3, 0.4) is 0 Å². The van der Waals surface area contributed by atoms with Gasteiger partial charge in [-0.2, -0.15) is 0 Å². The van der Waals surface area contributed by atoms with Gasteiger partial charge in [-0.15, -0.1) is 0 Å². The highest BCUT2D eigenvalue weighted by Crippen LogP contribution is 2.06. The fourth-order valence-electron chi connectivity index (χ4n) is 2.53. The third-order valence-corrected chi connectivity index (χ3v) is 4.61. The fraction of sp³-hybridized carbons (Fsp3) is 1.00. The smallest absolute Gasteiger partial charge is 0.0622 e. The molecule has 0 aliphatic carbocycles. The van der Waals surface area contributed by atoms with E-state index < -0.39 is 0 Å². The second kappa shape index (κ2) is 13.1. The molecule has 23 heavy (non-hydrogen) atoms. The number of rotatable bonds is 14. The third-order valence-electron chi connectivity index (χ3n) is 4.61. The van der Waals surface area contributed by atoms with Crippen molar-refractivity contribution in [3.63, 3.8) is 0 Å². The number of hydrogen-bond donors (Lipinski definition) is 0. The van der Waals surface area contributed by atoms with Crippen LogP contribution >= 0.6 is 0 Å². The summed E-state index contributed by atoms with van der Waals surface area (Å²) in [6.07, 6.45) is 2.27. The minimum atomic E-state index is 0.513. The highest BCUT2D eigenvalue weighted by molar-refractivity contribution is 4.71. The minimum absolute atomic E-state index is 0.513. The summed E-state index contributed by atoms with van der Waals surface area (Å²) in [7, 11) is 12.9. The van der Waals surface area contributed by atoms with Crippen LogP contribution in [0.25, 0.3) is 0 Å². The van der Waals surface area contributed by atoms with Gasteiger partial charge in [0, 0.05) is 38.3 Å². The zero-order valence-electron chi connectivity index (χ0n) is 17.0.